The monoisotopic (exact) mass is 422 g/mol. The van der Waals surface area contributed by atoms with Crippen LogP contribution in [0.25, 0.3) is 0 Å². The van der Waals surface area contributed by atoms with Crippen LogP contribution in [0.2, 0.25) is 5.02 Å². The van der Waals surface area contributed by atoms with Crippen molar-refractivity contribution in [2.75, 3.05) is 18.4 Å². The predicted octanol–water partition coefficient (Wildman–Crippen LogP) is 3.28. The fraction of sp³-hybridized carbons (Fsp3) is 0.188. The molecule has 11 heteroatoms. The van der Waals surface area contributed by atoms with E-state index in [1.165, 1.54) is 19.2 Å². The summed E-state index contributed by atoms with van der Waals surface area (Å²) in [6.07, 6.45) is -4.79. The van der Waals surface area contributed by atoms with Gasteiger partial charge in [-0.15, -0.1) is 0 Å². The highest BCUT2D eigenvalue weighted by Crippen LogP contribution is 2.37. The molecule has 0 bridgehead atoms. The molecule has 146 valence electrons. The number of anilines is 1. The van der Waals surface area contributed by atoms with Gasteiger partial charge in [0.05, 0.1) is 16.1 Å². The van der Waals surface area contributed by atoms with Gasteiger partial charge in [0, 0.05) is 12.1 Å². The molecule has 0 heterocycles. The average Bonchev–Trinajstić information content (AvgIpc) is 2.60. The van der Waals surface area contributed by atoms with Crippen LogP contribution in [0.3, 0.4) is 0 Å². The zero-order valence-electron chi connectivity index (χ0n) is 13.8. The van der Waals surface area contributed by atoms with Crippen LogP contribution in [0.5, 0.6) is 5.75 Å². The molecule has 0 aliphatic heterocycles. The largest absolute Gasteiger partial charge is 0.484 e. The molecule has 0 unspecified atom stereocenters. The number of sulfonamides is 1. The number of alkyl halides is 3. The number of ether oxygens (including phenoxy) is 1. The first kappa shape index (κ1) is 20.8. The minimum atomic E-state index is -4.79. The minimum Gasteiger partial charge on any atom is -0.484 e. The Kier molecular flexibility index (Phi) is 6.22. The van der Waals surface area contributed by atoms with Crippen molar-refractivity contribution in [3.63, 3.8) is 0 Å². The molecule has 0 atom stereocenters. The van der Waals surface area contributed by atoms with Gasteiger partial charge in [0.1, 0.15) is 5.75 Å². The predicted molar refractivity (Wildman–Crippen MR) is 93.3 cm³/mol. The second-order valence-corrected chi connectivity index (χ2v) is 7.35. The lowest BCUT2D eigenvalue weighted by Gasteiger charge is -2.15. The topological polar surface area (TPSA) is 84.5 Å². The molecule has 0 aliphatic carbocycles. The zero-order chi connectivity index (χ0) is 20.2. The molecule has 0 aromatic heterocycles. The van der Waals surface area contributed by atoms with Gasteiger partial charge in [-0.3, -0.25) is 9.52 Å². The Balaban J connectivity index is 2.24. The number of amides is 1. The van der Waals surface area contributed by atoms with Crippen molar-refractivity contribution in [2.45, 2.75) is 11.1 Å². The number of benzene rings is 2. The minimum absolute atomic E-state index is 0.178. The van der Waals surface area contributed by atoms with Crippen molar-refractivity contribution >= 4 is 33.2 Å². The quantitative estimate of drug-likeness (QED) is 0.748. The van der Waals surface area contributed by atoms with E-state index in [1.807, 2.05) is 4.72 Å². The summed E-state index contributed by atoms with van der Waals surface area (Å²) < 4.78 is 71.1. The number of hydrogen-bond acceptors (Lipinski definition) is 4. The van der Waals surface area contributed by atoms with Crippen LogP contribution in [0.4, 0.5) is 18.9 Å². The van der Waals surface area contributed by atoms with E-state index in [-0.39, 0.29) is 28.2 Å². The first-order valence-electron chi connectivity index (χ1n) is 7.36. The van der Waals surface area contributed by atoms with Crippen molar-refractivity contribution in [3.8, 4) is 5.75 Å². The van der Waals surface area contributed by atoms with E-state index in [0.717, 1.165) is 24.3 Å². The summed E-state index contributed by atoms with van der Waals surface area (Å²) in [5, 5.41) is 2.17. The van der Waals surface area contributed by atoms with E-state index in [0.29, 0.717) is 6.07 Å². The van der Waals surface area contributed by atoms with Gasteiger partial charge in [-0.1, -0.05) is 11.6 Å². The SMILES string of the molecule is CNC(=O)COc1ccc(S(=O)(=O)Nc2ccc(Cl)cc2C(F)(F)F)cc1. The Morgan fingerprint density at radius 3 is 2.33 bits per heavy atom. The molecule has 27 heavy (non-hydrogen) atoms. The fourth-order valence-corrected chi connectivity index (χ4v) is 3.23. The van der Waals surface area contributed by atoms with Crippen LogP contribution in [-0.4, -0.2) is 28.0 Å². The highest BCUT2D eigenvalue weighted by molar-refractivity contribution is 7.92. The smallest absolute Gasteiger partial charge is 0.418 e. The first-order chi connectivity index (χ1) is 12.5. The van der Waals surface area contributed by atoms with Gasteiger partial charge >= 0.3 is 6.18 Å². The Morgan fingerprint density at radius 1 is 1.15 bits per heavy atom. The molecular formula is C16H14ClF3N2O4S. The highest BCUT2D eigenvalue weighted by Gasteiger charge is 2.35. The highest BCUT2D eigenvalue weighted by atomic mass is 35.5. The maximum Gasteiger partial charge on any atom is 0.418 e. The second kappa shape index (κ2) is 8.05. The summed E-state index contributed by atoms with van der Waals surface area (Å²) in [5.41, 5.74) is -1.85. The molecule has 2 aromatic rings. The van der Waals surface area contributed by atoms with E-state index in [1.54, 1.807) is 0 Å². The van der Waals surface area contributed by atoms with Crippen molar-refractivity contribution in [1.82, 2.24) is 5.32 Å². The normalized spacial score (nSPS) is 11.7. The molecule has 0 saturated heterocycles. The number of rotatable bonds is 6. The number of carbonyl (C=O) groups excluding carboxylic acids is 1. The zero-order valence-corrected chi connectivity index (χ0v) is 15.4. The van der Waals surface area contributed by atoms with E-state index < -0.39 is 27.5 Å². The molecule has 0 fully saturated rings. The summed E-state index contributed by atoms with van der Waals surface area (Å²) in [6.45, 7) is -0.263. The van der Waals surface area contributed by atoms with E-state index in [4.69, 9.17) is 16.3 Å². The van der Waals surface area contributed by atoms with Crippen LogP contribution >= 0.6 is 11.6 Å². The Labute approximate surface area is 158 Å². The maximum absolute atomic E-state index is 13.1. The van der Waals surface area contributed by atoms with E-state index in [2.05, 4.69) is 5.32 Å². The third-order valence-electron chi connectivity index (χ3n) is 3.31. The van der Waals surface area contributed by atoms with Crippen LogP contribution in [-0.2, 0) is 21.0 Å². The molecular weight excluding hydrogens is 409 g/mol. The maximum atomic E-state index is 13.1. The molecule has 0 aliphatic rings. The lowest BCUT2D eigenvalue weighted by molar-refractivity contribution is -0.136. The fourth-order valence-electron chi connectivity index (χ4n) is 1.98. The first-order valence-corrected chi connectivity index (χ1v) is 9.22. The van der Waals surface area contributed by atoms with Gasteiger partial charge in [-0.2, -0.15) is 13.2 Å². The third-order valence-corrected chi connectivity index (χ3v) is 4.93. The number of carbonyl (C=O) groups is 1. The standard InChI is InChI=1S/C16H14ClF3N2O4S/c1-21-15(23)9-26-11-3-5-12(6-4-11)27(24,25)22-14-7-2-10(17)8-13(14)16(18,19)20/h2-8,22H,9H2,1H3,(H,21,23). The van der Waals surface area contributed by atoms with Crippen LogP contribution in [0.15, 0.2) is 47.4 Å². The number of likely N-dealkylation sites (N-methyl/N-ethyl adjacent to an activating group) is 1. The summed E-state index contributed by atoms with van der Waals surface area (Å²) in [4.78, 5) is 10.8. The Hall–Kier alpha value is -2.46. The molecule has 0 saturated carbocycles. The van der Waals surface area contributed by atoms with Crippen molar-refractivity contribution in [3.05, 3.63) is 53.1 Å². The number of nitrogens with one attached hydrogen (secondary N) is 2. The molecule has 0 spiro atoms. The number of hydrogen-bond donors (Lipinski definition) is 2. The van der Waals surface area contributed by atoms with Crippen molar-refractivity contribution < 1.29 is 31.1 Å². The van der Waals surface area contributed by atoms with Gasteiger partial charge in [0.2, 0.25) is 0 Å². The molecule has 0 radical (unpaired) electrons. The van der Waals surface area contributed by atoms with E-state index in [9.17, 15) is 26.4 Å². The van der Waals surface area contributed by atoms with E-state index >= 15 is 0 Å². The van der Waals surface area contributed by atoms with Crippen molar-refractivity contribution in [1.29, 1.82) is 0 Å². The molecule has 6 nitrogen and oxygen atoms in total. The van der Waals surface area contributed by atoms with Gasteiger partial charge in [0.25, 0.3) is 15.9 Å². The lowest BCUT2D eigenvalue weighted by atomic mass is 10.2. The van der Waals surface area contributed by atoms with Gasteiger partial charge in [-0.05, 0) is 42.5 Å². The summed E-state index contributed by atoms with van der Waals surface area (Å²) >= 11 is 5.57. The summed E-state index contributed by atoms with van der Waals surface area (Å²) in [5.74, 6) is -0.157. The van der Waals surface area contributed by atoms with Crippen LogP contribution in [0, 0.1) is 0 Å². The Bertz CT molecular complexity index is 932. The lowest BCUT2D eigenvalue weighted by Crippen LogP contribution is -2.24. The summed E-state index contributed by atoms with van der Waals surface area (Å²) in [7, 11) is -2.86. The molecule has 2 rings (SSSR count). The molecule has 2 N–H and O–H groups in total. The van der Waals surface area contributed by atoms with Gasteiger partial charge < -0.3 is 10.1 Å². The molecule has 1 amide bonds. The summed E-state index contributed by atoms with van der Waals surface area (Å²) in [6, 6.07) is 7.56. The third kappa shape index (κ3) is 5.51. The van der Waals surface area contributed by atoms with Crippen molar-refractivity contribution in [2.24, 2.45) is 0 Å². The second-order valence-electron chi connectivity index (χ2n) is 5.23. The van der Waals surface area contributed by atoms with Gasteiger partial charge in [-0.25, -0.2) is 8.42 Å². The number of halogens is 4. The van der Waals surface area contributed by atoms with Crippen LogP contribution in [0.1, 0.15) is 5.56 Å². The molecule has 2 aromatic carbocycles. The van der Waals surface area contributed by atoms with Gasteiger partial charge in [0.15, 0.2) is 6.61 Å². The average molecular weight is 423 g/mol. The van der Waals surface area contributed by atoms with Crippen LogP contribution < -0.4 is 14.8 Å². The Morgan fingerprint density at radius 2 is 1.78 bits per heavy atom.